The first-order valence-corrected chi connectivity index (χ1v) is 7.92. The van der Waals surface area contributed by atoms with Gasteiger partial charge in [0.2, 0.25) is 0 Å². The molecular formula is C19H23NO2. The Kier molecular flexibility index (Phi) is 4.96. The molecule has 2 aromatic rings. The Bertz CT molecular complexity index is 612. The molecule has 22 heavy (non-hydrogen) atoms. The molecule has 1 N–H and O–H groups in total. The summed E-state index contributed by atoms with van der Waals surface area (Å²) in [4.78, 5) is 0. The number of nitrogens with one attached hydrogen (secondary N) is 1. The van der Waals surface area contributed by atoms with E-state index in [-0.39, 0.29) is 0 Å². The maximum absolute atomic E-state index is 5.88. The van der Waals surface area contributed by atoms with E-state index in [1.807, 2.05) is 19.2 Å². The highest BCUT2D eigenvalue weighted by molar-refractivity contribution is 5.36. The normalized spacial score (nSPS) is 16.7. The standard InChI is InChI=1S/C19H23NO2/c1-20-9-10-21-18-7-4-5-15(13-18)11-16-12-17-6-2-3-8-19(17)22-14-16/h2-8,13,16,20H,9-12,14H2,1H3/t16-/m0/s1. The predicted octanol–water partition coefficient (Wildman–Crippen LogP) is 3.08. The van der Waals surface area contributed by atoms with Crippen molar-refractivity contribution in [2.75, 3.05) is 26.8 Å². The molecular weight excluding hydrogens is 274 g/mol. The van der Waals surface area contributed by atoms with Gasteiger partial charge in [0.15, 0.2) is 0 Å². The van der Waals surface area contributed by atoms with Gasteiger partial charge in [-0.25, -0.2) is 0 Å². The van der Waals surface area contributed by atoms with Gasteiger partial charge in [-0.15, -0.1) is 0 Å². The van der Waals surface area contributed by atoms with Gasteiger partial charge < -0.3 is 14.8 Å². The van der Waals surface area contributed by atoms with Crippen LogP contribution in [0.4, 0.5) is 0 Å². The summed E-state index contributed by atoms with van der Waals surface area (Å²) in [6.45, 7) is 2.35. The first-order chi connectivity index (χ1) is 10.8. The lowest BCUT2D eigenvalue weighted by atomic mass is 9.91. The molecule has 0 amide bonds. The lowest BCUT2D eigenvalue weighted by Gasteiger charge is -2.25. The molecule has 0 bridgehead atoms. The van der Waals surface area contributed by atoms with Crippen LogP contribution in [-0.2, 0) is 12.8 Å². The summed E-state index contributed by atoms with van der Waals surface area (Å²) in [7, 11) is 1.93. The van der Waals surface area contributed by atoms with Crippen LogP contribution < -0.4 is 14.8 Å². The van der Waals surface area contributed by atoms with Gasteiger partial charge in [-0.05, 0) is 49.2 Å². The highest BCUT2D eigenvalue weighted by atomic mass is 16.5. The molecule has 0 unspecified atom stereocenters. The minimum absolute atomic E-state index is 0.530. The van der Waals surface area contributed by atoms with Gasteiger partial charge in [0.05, 0.1) is 6.61 Å². The largest absolute Gasteiger partial charge is 0.493 e. The van der Waals surface area contributed by atoms with Crippen molar-refractivity contribution in [3.05, 3.63) is 59.7 Å². The topological polar surface area (TPSA) is 30.5 Å². The number of likely N-dealkylation sites (N-methyl/N-ethyl adjacent to an activating group) is 1. The summed E-state index contributed by atoms with van der Waals surface area (Å²) >= 11 is 0. The molecule has 3 nitrogen and oxygen atoms in total. The number of hydrogen-bond donors (Lipinski definition) is 1. The molecule has 3 heteroatoms. The summed E-state index contributed by atoms with van der Waals surface area (Å²) in [6.07, 6.45) is 2.11. The SMILES string of the molecule is CNCCOc1cccc(C[C@@H]2COc3ccccc3C2)c1. The van der Waals surface area contributed by atoms with Crippen molar-refractivity contribution in [2.45, 2.75) is 12.8 Å². The fourth-order valence-electron chi connectivity index (χ4n) is 2.89. The highest BCUT2D eigenvalue weighted by Gasteiger charge is 2.19. The number of hydrogen-bond acceptors (Lipinski definition) is 3. The van der Waals surface area contributed by atoms with Crippen LogP contribution in [0.15, 0.2) is 48.5 Å². The molecule has 3 rings (SSSR count). The molecule has 1 aliphatic rings. The van der Waals surface area contributed by atoms with Crippen molar-refractivity contribution in [3.63, 3.8) is 0 Å². The zero-order valence-corrected chi connectivity index (χ0v) is 13.0. The molecule has 0 fully saturated rings. The van der Waals surface area contributed by atoms with Gasteiger partial charge in [0.1, 0.15) is 18.1 Å². The van der Waals surface area contributed by atoms with Gasteiger partial charge in [-0.3, -0.25) is 0 Å². The lowest BCUT2D eigenvalue weighted by Crippen LogP contribution is -2.22. The van der Waals surface area contributed by atoms with E-state index >= 15 is 0 Å². The van der Waals surface area contributed by atoms with Gasteiger partial charge in [-0.2, -0.15) is 0 Å². The Morgan fingerprint density at radius 1 is 1.18 bits per heavy atom. The third-order valence-corrected chi connectivity index (χ3v) is 4.00. The highest BCUT2D eigenvalue weighted by Crippen LogP contribution is 2.29. The molecule has 0 aliphatic carbocycles. The first-order valence-electron chi connectivity index (χ1n) is 7.92. The average Bonchev–Trinajstić information content (AvgIpc) is 2.55. The molecule has 0 radical (unpaired) electrons. The summed E-state index contributed by atoms with van der Waals surface area (Å²) in [6, 6.07) is 16.8. The second-order valence-electron chi connectivity index (χ2n) is 5.79. The van der Waals surface area contributed by atoms with Crippen LogP contribution in [0, 0.1) is 5.92 Å². The maximum Gasteiger partial charge on any atom is 0.122 e. The molecule has 0 saturated carbocycles. The molecule has 1 atom stereocenters. The maximum atomic E-state index is 5.88. The van der Waals surface area contributed by atoms with Crippen LogP contribution in [0.2, 0.25) is 0 Å². The first kappa shape index (κ1) is 14.9. The molecule has 116 valence electrons. The molecule has 0 aromatic heterocycles. The van der Waals surface area contributed by atoms with Gasteiger partial charge >= 0.3 is 0 Å². The summed E-state index contributed by atoms with van der Waals surface area (Å²) in [5.41, 5.74) is 2.63. The summed E-state index contributed by atoms with van der Waals surface area (Å²) < 4.78 is 11.6. The van der Waals surface area contributed by atoms with E-state index in [2.05, 4.69) is 41.7 Å². The van der Waals surface area contributed by atoms with Crippen molar-refractivity contribution in [1.82, 2.24) is 5.32 Å². The Morgan fingerprint density at radius 2 is 2.09 bits per heavy atom. The van der Waals surface area contributed by atoms with Crippen LogP contribution in [0.5, 0.6) is 11.5 Å². The third-order valence-electron chi connectivity index (χ3n) is 4.00. The zero-order chi connectivity index (χ0) is 15.2. The predicted molar refractivity (Wildman–Crippen MR) is 88.7 cm³/mol. The van der Waals surface area contributed by atoms with Crippen LogP contribution in [0.1, 0.15) is 11.1 Å². The van der Waals surface area contributed by atoms with E-state index in [0.717, 1.165) is 37.5 Å². The minimum atomic E-state index is 0.530. The van der Waals surface area contributed by atoms with Crippen molar-refractivity contribution < 1.29 is 9.47 Å². The van der Waals surface area contributed by atoms with E-state index in [0.29, 0.717) is 12.5 Å². The van der Waals surface area contributed by atoms with Crippen LogP contribution in [0.25, 0.3) is 0 Å². The van der Waals surface area contributed by atoms with E-state index < -0.39 is 0 Å². The Labute approximate surface area is 132 Å². The second-order valence-corrected chi connectivity index (χ2v) is 5.79. The Balaban J connectivity index is 1.61. The molecule has 1 heterocycles. The van der Waals surface area contributed by atoms with Crippen molar-refractivity contribution in [1.29, 1.82) is 0 Å². The molecule has 1 aliphatic heterocycles. The average molecular weight is 297 g/mol. The van der Waals surface area contributed by atoms with Crippen molar-refractivity contribution in [2.24, 2.45) is 5.92 Å². The quantitative estimate of drug-likeness (QED) is 0.831. The van der Waals surface area contributed by atoms with E-state index in [4.69, 9.17) is 9.47 Å². The number of rotatable bonds is 6. The number of benzene rings is 2. The smallest absolute Gasteiger partial charge is 0.122 e. The molecule has 0 saturated heterocycles. The van der Waals surface area contributed by atoms with E-state index in [9.17, 15) is 0 Å². The third kappa shape index (κ3) is 3.80. The lowest BCUT2D eigenvalue weighted by molar-refractivity contribution is 0.221. The van der Waals surface area contributed by atoms with Crippen LogP contribution >= 0.6 is 0 Å². The van der Waals surface area contributed by atoms with E-state index in [1.54, 1.807) is 0 Å². The van der Waals surface area contributed by atoms with Crippen molar-refractivity contribution in [3.8, 4) is 11.5 Å². The fraction of sp³-hybridized carbons (Fsp3) is 0.368. The minimum Gasteiger partial charge on any atom is -0.493 e. The number of para-hydroxylation sites is 1. The Morgan fingerprint density at radius 3 is 3.00 bits per heavy atom. The summed E-state index contributed by atoms with van der Waals surface area (Å²) in [5.74, 6) is 2.52. The zero-order valence-electron chi connectivity index (χ0n) is 13.0. The number of ether oxygens (including phenoxy) is 2. The fourth-order valence-corrected chi connectivity index (χ4v) is 2.89. The monoisotopic (exact) mass is 297 g/mol. The van der Waals surface area contributed by atoms with Gasteiger partial charge in [0, 0.05) is 12.5 Å². The van der Waals surface area contributed by atoms with Gasteiger partial charge in [-0.1, -0.05) is 30.3 Å². The summed E-state index contributed by atoms with van der Waals surface area (Å²) in [5, 5.41) is 3.09. The second kappa shape index (κ2) is 7.32. The Hall–Kier alpha value is -2.00. The number of fused-ring (bicyclic) bond motifs is 1. The van der Waals surface area contributed by atoms with Gasteiger partial charge in [0.25, 0.3) is 0 Å². The van der Waals surface area contributed by atoms with E-state index in [1.165, 1.54) is 11.1 Å². The molecule has 2 aromatic carbocycles. The van der Waals surface area contributed by atoms with Crippen LogP contribution in [-0.4, -0.2) is 26.8 Å². The van der Waals surface area contributed by atoms with Crippen LogP contribution in [0.3, 0.4) is 0 Å². The van der Waals surface area contributed by atoms with Crippen molar-refractivity contribution >= 4 is 0 Å². The molecule has 0 spiro atoms.